The fourth-order valence-corrected chi connectivity index (χ4v) is 3.97. The molecule has 0 atom stereocenters. The van der Waals surface area contributed by atoms with Gasteiger partial charge in [-0.1, -0.05) is 39.3 Å². The second-order valence-electron chi connectivity index (χ2n) is 8.02. The van der Waals surface area contributed by atoms with E-state index in [0.29, 0.717) is 5.41 Å². The van der Waals surface area contributed by atoms with Gasteiger partial charge in [-0.2, -0.15) is 0 Å². The first-order chi connectivity index (χ1) is 9.69. The van der Waals surface area contributed by atoms with Crippen molar-refractivity contribution in [2.24, 2.45) is 17.1 Å². The molecule has 0 amide bonds. The topological polar surface area (TPSA) is 26.0 Å². The Morgan fingerprint density at radius 1 is 1.05 bits per heavy atom. The van der Waals surface area contributed by atoms with Gasteiger partial charge in [-0.15, -0.1) is 0 Å². The second kappa shape index (κ2) is 5.76. The number of nitrogens with two attached hydrogens (primary N) is 1. The molecular weight excluding hydrogens is 254 g/mol. The van der Waals surface area contributed by atoms with Crippen molar-refractivity contribution in [3.05, 3.63) is 34.4 Å². The summed E-state index contributed by atoms with van der Waals surface area (Å²) in [5, 5.41) is 0. The molecule has 1 fully saturated rings. The number of hydrogen-bond donors (Lipinski definition) is 1. The summed E-state index contributed by atoms with van der Waals surface area (Å²) in [6, 6.07) is 4.65. The molecule has 0 aromatic heterocycles. The third-order valence-electron chi connectivity index (χ3n) is 6.27. The van der Waals surface area contributed by atoms with Gasteiger partial charge in [-0.05, 0) is 80.0 Å². The Balaban J connectivity index is 2.21. The summed E-state index contributed by atoms with van der Waals surface area (Å²) in [6.07, 6.45) is 6.06. The lowest BCUT2D eigenvalue weighted by molar-refractivity contribution is 0.115. The van der Waals surface area contributed by atoms with E-state index >= 15 is 0 Å². The molecule has 118 valence electrons. The molecule has 2 rings (SSSR count). The van der Waals surface area contributed by atoms with Crippen LogP contribution in [0.1, 0.15) is 75.1 Å². The van der Waals surface area contributed by atoms with Crippen LogP contribution in [-0.4, -0.2) is 0 Å². The highest BCUT2D eigenvalue weighted by Crippen LogP contribution is 2.46. The van der Waals surface area contributed by atoms with Gasteiger partial charge in [-0.3, -0.25) is 0 Å². The van der Waals surface area contributed by atoms with Crippen LogP contribution >= 0.6 is 0 Å². The average Bonchev–Trinajstić information content (AvgIpc) is 2.43. The van der Waals surface area contributed by atoms with Crippen LogP contribution in [-0.2, 0) is 5.54 Å². The molecule has 0 aliphatic heterocycles. The molecule has 1 heteroatoms. The lowest BCUT2D eigenvalue weighted by Crippen LogP contribution is -2.43. The third-order valence-corrected chi connectivity index (χ3v) is 6.27. The van der Waals surface area contributed by atoms with Crippen LogP contribution in [0.3, 0.4) is 0 Å². The van der Waals surface area contributed by atoms with Crippen molar-refractivity contribution in [2.45, 2.75) is 79.2 Å². The summed E-state index contributed by atoms with van der Waals surface area (Å²) < 4.78 is 0. The normalized spacial score (nSPS) is 26.9. The molecule has 0 radical (unpaired) electrons. The SMILES string of the molecule is CCC(C)(C)C1CCC(N)(c2cc(C)c(C)cc2C)CC1. The van der Waals surface area contributed by atoms with Crippen LogP contribution in [0.15, 0.2) is 12.1 Å². The minimum Gasteiger partial charge on any atom is -0.321 e. The van der Waals surface area contributed by atoms with Gasteiger partial charge >= 0.3 is 0 Å². The van der Waals surface area contributed by atoms with Crippen LogP contribution in [0, 0.1) is 32.1 Å². The van der Waals surface area contributed by atoms with E-state index in [4.69, 9.17) is 5.73 Å². The standard InChI is InChI=1S/C20H33N/c1-7-19(5,6)17-8-10-20(21,11-9-17)18-13-15(3)14(2)12-16(18)4/h12-13,17H,7-11,21H2,1-6H3. The Labute approximate surface area is 131 Å². The molecule has 1 aliphatic carbocycles. The molecule has 2 N–H and O–H groups in total. The van der Waals surface area contributed by atoms with Gasteiger partial charge in [0.25, 0.3) is 0 Å². The minimum atomic E-state index is -0.108. The van der Waals surface area contributed by atoms with Crippen LogP contribution in [0.2, 0.25) is 0 Å². The minimum absolute atomic E-state index is 0.108. The highest BCUT2D eigenvalue weighted by Gasteiger charge is 2.38. The fraction of sp³-hybridized carbons (Fsp3) is 0.700. The summed E-state index contributed by atoms with van der Waals surface area (Å²) in [5.74, 6) is 0.825. The number of hydrogen-bond acceptors (Lipinski definition) is 1. The van der Waals surface area contributed by atoms with E-state index < -0.39 is 0 Å². The van der Waals surface area contributed by atoms with Crippen molar-refractivity contribution >= 4 is 0 Å². The molecule has 0 unspecified atom stereocenters. The zero-order valence-electron chi connectivity index (χ0n) is 14.8. The zero-order chi connectivity index (χ0) is 15.8. The van der Waals surface area contributed by atoms with Gasteiger partial charge in [0.15, 0.2) is 0 Å². The van der Waals surface area contributed by atoms with Crippen molar-refractivity contribution in [3.63, 3.8) is 0 Å². The first-order valence-corrected chi connectivity index (χ1v) is 8.57. The molecule has 0 spiro atoms. The van der Waals surface area contributed by atoms with E-state index in [-0.39, 0.29) is 5.54 Å². The monoisotopic (exact) mass is 287 g/mol. The molecule has 0 saturated heterocycles. The molecule has 1 saturated carbocycles. The molecular formula is C20H33N. The van der Waals surface area contributed by atoms with Crippen molar-refractivity contribution in [1.29, 1.82) is 0 Å². The van der Waals surface area contributed by atoms with Crippen molar-refractivity contribution in [1.82, 2.24) is 0 Å². The van der Waals surface area contributed by atoms with E-state index in [1.54, 1.807) is 0 Å². The van der Waals surface area contributed by atoms with E-state index in [1.165, 1.54) is 41.5 Å². The molecule has 21 heavy (non-hydrogen) atoms. The summed E-state index contributed by atoms with van der Waals surface area (Å²) in [5.41, 5.74) is 12.7. The smallest absolute Gasteiger partial charge is 0.0412 e. The Kier molecular flexibility index (Phi) is 4.54. The Morgan fingerprint density at radius 2 is 1.57 bits per heavy atom. The number of aryl methyl sites for hydroxylation is 3. The van der Waals surface area contributed by atoms with Gasteiger partial charge < -0.3 is 5.73 Å². The molecule has 1 aromatic rings. The van der Waals surface area contributed by atoms with Crippen molar-refractivity contribution in [2.75, 3.05) is 0 Å². The van der Waals surface area contributed by atoms with Crippen molar-refractivity contribution in [3.8, 4) is 0 Å². The molecule has 0 bridgehead atoms. The van der Waals surface area contributed by atoms with Crippen LogP contribution in [0.25, 0.3) is 0 Å². The van der Waals surface area contributed by atoms with Gasteiger partial charge in [-0.25, -0.2) is 0 Å². The molecule has 1 nitrogen and oxygen atoms in total. The highest BCUT2D eigenvalue weighted by atomic mass is 14.8. The maximum Gasteiger partial charge on any atom is 0.0412 e. The van der Waals surface area contributed by atoms with Crippen LogP contribution < -0.4 is 5.73 Å². The zero-order valence-corrected chi connectivity index (χ0v) is 14.8. The Hall–Kier alpha value is -0.820. The van der Waals surface area contributed by atoms with Crippen LogP contribution in [0.5, 0.6) is 0 Å². The highest BCUT2D eigenvalue weighted by molar-refractivity contribution is 5.40. The first-order valence-electron chi connectivity index (χ1n) is 8.57. The lowest BCUT2D eigenvalue weighted by Gasteiger charge is -2.44. The third kappa shape index (κ3) is 3.18. The van der Waals surface area contributed by atoms with E-state index in [2.05, 4.69) is 53.7 Å². The summed E-state index contributed by atoms with van der Waals surface area (Å²) in [6.45, 7) is 13.8. The van der Waals surface area contributed by atoms with E-state index in [0.717, 1.165) is 18.8 Å². The Morgan fingerprint density at radius 3 is 2.10 bits per heavy atom. The number of benzene rings is 1. The predicted octanol–water partition coefficient (Wildman–Crippen LogP) is 5.39. The van der Waals surface area contributed by atoms with E-state index in [9.17, 15) is 0 Å². The quantitative estimate of drug-likeness (QED) is 0.792. The lowest BCUT2D eigenvalue weighted by atomic mass is 9.64. The summed E-state index contributed by atoms with van der Waals surface area (Å²) in [4.78, 5) is 0. The Bertz CT molecular complexity index is 505. The second-order valence-corrected chi connectivity index (χ2v) is 8.02. The van der Waals surface area contributed by atoms with E-state index in [1.807, 2.05) is 0 Å². The first kappa shape index (κ1) is 16.5. The molecule has 1 aromatic carbocycles. The van der Waals surface area contributed by atoms with Gasteiger partial charge in [0.05, 0.1) is 0 Å². The predicted molar refractivity (Wildman–Crippen MR) is 92.5 cm³/mol. The van der Waals surface area contributed by atoms with Gasteiger partial charge in [0.2, 0.25) is 0 Å². The number of rotatable bonds is 3. The molecule has 1 aliphatic rings. The van der Waals surface area contributed by atoms with Crippen molar-refractivity contribution < 1.29 is 0 Å². The maximum absolute atomic E-state index is 6.85. The van der Waals surface area contributed by atoms with Crippen LogP contribution in [0.4, 0.5) is 0 Å². The van der Waals surface area contributed by atoms with Gasteiger partial charge in [0, 0.05) is 5.54 Å². The maximum atomic E-state index is 6.85. The summed E-state index contributed by atoms with van der Waals surface area (Å²) >= 11 is 0. The fourth-order valence-electron chi connectivity index (χ4n) is 3.97. The van der Waals surface area contributed by atoms with Gasteiger partial charge in [0.1, 0.15) is 0 Å². The average molecular weight is 287 g/mol. The summed E-state index contributed by atoms with van der Waals surface area (Å²) in [7, 11) is 0. The molecule has 0 heterocycles. The largest absolute Gasteiger partial charge is 0.321 e.